The van der Waals surface area contributed by atoms with Crippen molar-refractivity contribution in [1.29, 1.82) is 0 Å². The molecule has 0 saturated carbocycles. The van der Waals surface area contributed by atoms with Crippen LogP contribution in [-0.2, 0) is 0 Å². The Balaban J connectivity index is 1.83. The van der Waals surface area contributed by atoms with Crippen molar-refractivity contribution in [1.82, 2.24) is 9.55 Å². The van der Waals surface area contributed by atoms with Gasteiger partial charge in [0.05, 0.1) is 0 Å². The number of nitrogens with zero attached hydrogens (tertiary/aromatic N) is 3. The molecule has 0 bridgehead atoms. The quantitative estimate of drug-likeness (QED) is 0.913. The van der Waals surface area contributed by atoms with Gasteiger partial charge in [-0.25, -0.2) is 4.98 Å². The first-order valence-corrected chi connectivity index (χ1v) is 7.01. The topological polar surface area (TPSA) is 33.1 Å². The van der Waals surface area contributed by atoms with E-state index in [-0.39, 0.29) is 0 Å². The van der Waals surface area contributed by atoms with Crippen LogP contribution in [0.4, 0.5) is 11.6 Å². The van der Waals surface area contributed by atoms with Crippen LogP contribution < -0.4 is 10.2 Å². The second kappa shape index (κ2) is 5.34. The first-order valence-electron chi connectivity index (χ1n) is 7.01. The number of nitrogens with one attached hydrogen (secondary N) is 1. The van der Waals surface area contributed by atoms with Gasteiger partial charge in [-0.2, -0.15) is 0 Å². The molecule has 1 aromatic carbocycles. The highest BCUT2D eigenvalue weighted by Gasteiger charge is 2.12. The highest BCUT2D eigenvalue weighted by atomic mass is 15.2. The van der Waals surface area contributed by atoms with Gasteiger partial charge in [-0.05, 0) is 44.0 Å². The lowest BCUT2D eigenvalue weighted by atomic mass is 10.2. The zero-order valence-electron chi connectivity index (χ0n) is 11.3. The third-order valence-electron chi connectivity index (χ3n) is 3.57. The summed E-state index contributed by atoms with van der Waals surface area (Å²) in [5.41, 5.74) is 2.47. The number of imidazole rings is 1. The fourth-order valence-corrected chi connectivity index (χ4v) is 2.60. The molecule has 2 aromatic rings. The van der Waals surface area contributed by atoms with Crippen molar-refractivity contribution in [3.05, 3.63) is 36.7 Å². The summed E-state index contributed by atoms with van der Waals surface area (Å²) in [5.74, 6) is 0.899. The van der Waals surface area contributed by atoms with Crippen molar-refractivity contribution in [2.75, 3.05) is 29.9 Å². The Morgan fingerprint density at radius 2 is 1.79 bits per heavy atom. The Morgan fingerprint density at radius 3 is 2.47 bits per heavy atom. The Hall–Kier alpha value is -1.97. The van der Waals surface area contributed by atoms with E-state index in [4.69, 9.17) is 0 Å². The minimum absolute atomic E-state index is 0.878. The lowest BCUT2D eigenvalue weighted by molar-refractivity contribution is 0.949. The van der Waals surface area contributed by atoms with E-state index in [9.17, 15) is 0 Å². The molecule has 1 N–H and O–H groups in total. The zero-order valence-corrected chi connectivity index (χ0v) is 11.3. The smallest absolute Gasteiger partial charge is 0.207 e. The highest BCUT2D eigenvalue weighted by molar-refractivity contribution is 5.53. The van der Waals surface area contributed by atoms with Crippen molar-refractivity contribution < 1.29 is 0 Å². The van der Waals surface area contributed by atoms with Gasteiger partial charge in [0.15, 0.2) is 0 Å². The summed E-state index contributed by atoms with van der Waals surface area (Å²) in [6.45, 7) is 5.33. The third-order valence-corrected chi connectivity index (χ3v) is 3.57. The van der Waals surface area contributed by atoms with Crippen molar-refractivity contribution >= 4 is 11.6 Å². The van der Waals surface area contributed by atoms with Crippen molar-refractivity contribution in [3.8, 4) is 5.69 Å². The second-order valence-electron chi connectivity index (χ2n) is 4.86. The molecule has 0 radical (unpaired) electrons. The van der Waals surface area contributed by atoms with Gasteiger partial charge in [0, 0.05) is 43.4 Å². The lowest BCUT2D eigenvalue weighted by Crippen LogP contribution is -2.17. The molecule has 1 aromatic heterocycles. The summed E-state index contributed by atoms with van der Waals surface area (Å²) in [6.07, 6.45) is 6.44. The lowest BCUT2D eigenvalue weighted by Gasteiger charge is -2.18. The molecule has 1 aliphatic heterocycles. The van der Waals surface area contributed by atoms with Crippen LogP contribution in [0.15, 0.2) is 36.7 Å². The Bertz CT molecular complexity index is 523. The van der Waals surface area contributed by atoms with Crippen LogP contribution in [0.2, 0.25) is 0 Å². The molecule has 0 aliphatic carbocycles. The van der Waals surface area contributed by atoms with Gasteiger partial charge < -0.3 is 10.2 Å². The second-order valence-corrected chi connectivity index (χ2v) is 4.86. The van der Waals surface area contributed by atoms with Gasteiger partial charge in [-0.3, -0.25) is 4.57 Å². The molecule has 1 aliphatic rings. The molecule has 4 nitrogen and oxygen atoms in total. The molecule has 2 heterocycles. The van der Waals surface area contributed by atoms with Gasteiger partial charge in [-0.15, -0.1) is 0 Å². The monoisotopic (exact) mass is 256 g/mol. The van der Waals surface area contributed by atoms with Gasteiger partial charge in [0.2, 0.25) is 5.95 Å². The van der Waals surface area contributed by atoms with E-state index in [2.05, 4.69) is 51.0 Å². The average molecular weight is 256 g/mol. The molecular formula is C15H20N4. The Morgan fingerprint density at radius 1 is 1.11 bits per heavy atom. The molecule has 3 rings (SSSR count). The molecule has 100 valence electrons. The zero-order chi connectivity index (χ0) is 13.1. The molecule has 0 amide bonds. The summed E-state index contributed by atoms with van der Waals surface area (Å²) in [7, 11) is 0. The number of benzene rings is 1. The molecule has 4 heteroatoms. The minimum Gasteiger partial charge on any atom is -0.372 e. The molecule has 0 atom stereocenters. The predicted molar refractivity (Wildman–Crippen MR) is 79.2 cm³/mol. The predicted octanol–water partition coefficient (Wildman–Crippen LogP) is 2.90. The first-order chi connectivity index (χ1) is 9.38. The van der Waals surface area contributed by atoms with E-state index in [1.807, 2.05) is 12.4 Å². The van der Waals surface area contributed by atoms with Gasteiger partial charge in [0.25, 0.3) is 0 Å². The average Bonchev–Trinajstić information content (AvgIpc) is 3.10. The largest absolute Gasteiger partial charge is 0.372 e. The van der Waals surface area contributed by atoms with Gasteiger partial charge in [-0.1, -0.05) is 0 Å². The first kappa shape index (κ1) is 12.1. The third kappa shape index (κ3) is 2.43. The maximum Gasteiger partial charge on any atom is 0.207 e. The van der Waals surface area contributed by atoms with E-state index in [0.29, 0.717) is 0 Å². The van der Waals surface area contributed by atoms with E-state index in [1.165, 1.54) is 31.6 Å². The van der Waals surface area contributed by atoms with Crippen LogP contribution >= 0.6 is 0 Å². The molecule has 0 unspecified atom stereocenters. The maximum absolute atomic E-state index is 4.32. The molecule has 1 saturated heterocycles. The highest BCUT2D eigenvalue weighted by Crippen LogP contribution is 2.22. The van der Waals surface area contributed by atoms with E-state index in [1.54, 1.807) is 0 Å². The molecule has 19 heavy (non-hydrogen) atoms. The van der Waals surface area contributed by atoms with Gasteiger partial charge >= 0.3 is 0 Å². The van der Waals surface area contributed by atoms with Gasteiger partial charge in [0.1, 0.15) is 0 Å². The SMILES string of the molecule is CCNc1nccn1-c1ccc(N2CCCC2)cc1. The minimum atomic E-state index is 0.878. The van der Waals surface area contributed by atoms with Crippen LogP contribution in [0.1, 0.15) is 19.8 Å². The standard InChI is InChI=1S/C15H20N4/c1-2-16-15-17-9-12-19(15)14-7-5-13(6-8-14)18-10-3-4-11-18/h5-9,12H,2-4,10-11H2,1H3,(H,16,17). The van der Waals surface area contributed by atoms with Crippen LogP contribution in [0.25, 0.3) is 5.69 Å². The fraction of sp³-hybridized carbons (Fsp3) is 0.400. The summed E-state index contributed by atoms with van der Waals surface area (Å²) < 4.78 is 2.08. The Kier molecular flexibility index (Phi) is 3.40. The van der Waals surface area contributed by atoms with E-state index in [0.717, 1.165) is 18.2 Å². The number of rotatable bonds is 4. The number of aromatic nitrogens is 2. The number of anilines is 2. The van der Waals surface area contributed by atoms with Crippen LogP contribution in [0.3, 0.4) is 0 Å². The summed E-state index contributed by atoms with van der Waals surface area (Å²) in [5, 5.41) is 3.27. The normalized spacial score (nSPS) is 14.9. The summed E-state index contributed by atoms with van der Waals surface area (Å²) in [6, 6.07) is 8.74. The molecular weight excluding hydrogens is 236 g/mol. The molecule has 1 fully saturated rings. The maximum atomic E-state index is 4.32. The fourth-order valence-electron chi connectivity index (χ4n) is 2.60. The summed E-state index contributed by atoms with van der Waals surface area (Å²) >= 11 is 0. The van der Waals surface area contributed by atoms with Crippen LogP contribution in [0.5, 0.6) is 0 Å². The van der Waals surface area contributed by atoms with Crippen molar-refractivity contribution in [2.24, 2.45) is 0 Å². The molecule has 0 spiro atoms. The van der Waals surface area contributed by atoms with Crippen LogP contribution in [-0.4, -0.2) is 29.2 Å². The summed E-state index contributed by atoms with van der Waals surface area (Å²) in [4.78, 5) is 6.77. The van der Waals surface area contributed by atoms with Crippen LogP contribution in [0, 0.1) is 0 Å². The van der Waals surface area contributed by atoms with E-state index >= 15 is 0 Å². The number of hydrogen-bond acceptors (Lipinski definition) is 3. The van der Waals surface area contributed by atoms with Crippen molar-refractivity contribution in [2.45, 2.75) is 19.8 Å². The Labute approximate surface area is 114 Å². The van der Waals surface area contributed by atoms with E-state index < -0.39 is 0 Å². The number of hydrogen-bond donors (Lipinski definition) is 1. The van der Waals surface area contributed by atoms with Crippen molar-refractivity contribution in [3.63, 3.8) is 0 Å².